The van der Waals surface area contributed by atoms with Crippen LogP contribution >= 0.6 is 0 Å². The molecule has 1 N–H and O–H groups in total. The van der Waals surface area contributed by atoms with Gasteiger partial charge in [-0.1, -0.05) is 12.1 Å². The Bertz CT molecular complexity index is 1190. The van der Waals surface area contributed by atoms with Crippen molar-refractivity contribution < 1.29 is 45.4 Å². The number of hydrogen-bond donors (Lipinski definition) is 1. The van der Waals surface area contributed by atoms with Crippen molar-refractivity contribution in [3.8, 4) is 0 Å². The molecule has 40 heavy (non-hydrogen) atoms. The van der Waals surface area contributed by atoms with E-state index in [1.165, 1.54) is 29.0 Å². The second-order valence-corrected chi connectivity index (χ2v) is 10.2. The van der Waals surface area contributed by atoms with Crippen LogP contribution in [-0.2, 0) is 12.4 Å². The summed E-state index contributed by atoms with van der Waals surface area (Å²) in [7, 11) is 1.35. The number of carboxylic acid groups (broad SMARTS) is 1. The van der Waals surface area contributed by atoms with E-state index < -0.39 is 58.8 Å². The van der Waals surface area contributed by atoms with Gasteiger partial charge in [-0.15, -0.1) is 0 Å². The summed E-state index contributed by atoms with van der Waals surface area (Å²) in [6.07, 6.45) is -9.64. The minimum Gasteiger partial charge on any atom is -0.465 e. The number of halogens is 7. The average Bonchev–Trinajstić information content (AvgIpc) is 2.91. The number of piperidine rings is 2. The quantitative estimate of drug-likeness (QED) is 0.459. The van der Waals surface area contributed by atoms with Crippen molar-refractivity contribution in [3.63, 3.8) is 0 Å². The van der Waals surface area contributed by atoms with Crippen molar-refractivity contribution in [1.29, 1.82) is 0 Å². The molecule has 0 radical (unpaired) electrons. The van der Waals surface area contributed by atoms with Gasteiger partial charge in [0.15, 0.2) is 0 Å². The summed E-state index contributed by atoms with van der Waals surface area (Å²) < 4.78 is 94.1. The fraction of sp³-hybridized carbons (Fsp3) is 0.481. The van der Waals surface area contributed by atoms with Gasteiger partial charge < -0.3 is 14.9 Å². The third-order valence-electron chi connectivity index (χ3n) is 7.81. The molecule has 2 fully saturated rings. The molecule has 6 nitrogen and oxygen atoms in total. The highest BCUT2D eigenvalue weighted by Crippen LogP contribution is 2.38. The van der Waals surface area contributed by atoms with E-state index in [2.05, 4.69) is 4.90 Å². The number of likely N-dealkylation sites (N-methyl/N-ethyl adjacent to an activating group) is 1. The predicted molar refractivity (Wildman–Crippen MR) is 130 cm³/mol. The number of rotatable bonds is 4. The van der Waals surface area contributed by atoms with E-state index >= 15 is 0 Å². The van der Waals surface area contributed by atoms with E-state index in [0.717, 1.165) is 0 Å². The minimum atomic E-state index is -5.09. The highest BCUT2D eigenvalue weighted by atomic mass is 19.4. The highest BCUT2D eigenvalue weighted by molar-refractivity contribution is 5.95. The number of nitrogens with zero attached hydrogens (tertiary/aromatic N) is 3. The Kier molecular flexibility index (Phi) is 8.34. The Morgan fingerprint density at radius 3 is 1.93 bits per heavy atom. The Labute approximate surface area is 226 Å². The first-order chi connectivity index (χ1) is 18.6. The maximum absolute atomic E-state index is 13.7. The summed E-state index contributed by atoms with van der Waals surface area (Å²) in [6.45, 7) is 1.59. The summed E-state index contributed by atoms with van der Waals surface area (Å²) in [6, 6.07) is 5.88. The van der Waals surface area contributed by atoms with Crippen LogP contribution in [0.1, 0.15) is 52.2 Å². The molecule has 2 aliphatic heterocycles. The molecule has 13 heteroatoms. The lowest BCUT2D eigenvalue weighted by atomic mass is 9.83. The van der Waals surface area contributed by atoms with Gasteiger partial charge in [0.1, 0.15) is 5.82 Å². The van der Waals surface area contributed by atoms with Gasteiger partial charge in [0, 0.05) is 56.8 Å². The van der Waals surface area contributed by atoms with E-state index in [-0.39, 0.29) is 12.1 Å². The Morgan fingerprint density at radius 1 is 0.875 bits per heavy atom. The zero-order chi connectivity index (χ0) is 29.4. The van der Waals surface area contributed by atoms with Crippen LogP contribution in [0, 0.1) is 5.82 Å². The first-order valence-corrected chi connectivity index (χ1v) is 12.7. The molecule has 0 saturated carbocycles. The largest absolute Gasteiger partial charge is 0.465 e. The van der Waals surface area contributed by atoms with Crippen molar-refractivity contribution >= 4 is 12.0 Å². The summed E-state index contributed by atoms with van der Waals surface area (Å²) in [4.78, 5) is 29.3. The highest BCUT2D eigenvalue weighted by Gasteiger charge is 2.41. The molecule has 2 unspecified atom stereocenters. The van der Waals surface area contributed by atoms with E-state index in [4.69, 9.17) is 0 Å². The molecule has 4 rings (SSSR count). The van der Waals surface area contributed by atoms with Gasteiger partial charge in [0.2, 0.25) is 0 Å². The SMILES string of the molecule is CN(C(=O)c1cc(C(F)(F)F)cc(C(F)(F)F)c1)C1CCN(C2CCN(C(=O)O)CC2)CC1c1ccc(F)cc1. The molecule has 2 aromatic carbocycles. The first-order valence-electron chi connectivity index (χ1n) is 12.7. The molecular weight excluding hydrogens is 547 g/mol. The molecule has 2 amide bonds. The van der Waals surface area contributed by atoms with Crippen LogP contribution in [-0.4, -0.2) is 77.1 Å². The smallest absolute Gasteiger partial charge is 0.416 e. The van der Waals surface area contributed by atoms with Gasteiger partial charge >= 0.3 is 18.4 Å². The molecule has 218 valence electrons. The number of benzene rings is 2. The number of hydrogen-bond acceptors (Lipinski definition) is 3. The van der Waals surface area contributed by atoms with E-state index in [9.17, 15) is 45.4 Å². The molecule has 0 aromatic heterocycles. The second kappa shape index (κ2) is 11.3. The monoisotopic (exact) mass is 575 g/mol. The van der Waals surface area contributed by atoms with Gasteiger partial charge in [0.05, 0.1) is 11.1 Å². The molecule has 2 atom stereocenters. The van der Waals surface area contributed by atoms with Crippen molar-refractivity contribution in [1.82, 2.24) is 14.7 Å². The molecule has 2 saturated heterocycles. The standard InChI is InChI=1S/C27H28F7N3O3/c1-35(24(38)17-12-18(26(29,30)31)14-19(13-17)27(32,33)34)23-8-11-37(21-6-9-36(10-7-21)25(39)40)15-22(23)16-2-4-20(28)5-3-16/h2-5,12-14,21-23H,6-11,15H2,1H3,(H,39,40). The summed E-state index contributed by atoms with van der Waals surface area (Å²) in [5, 5.41) is 9.23. The van der Waals surface area contributed by atoms with Gasteiger partial charge in [-0.3, -0.25) is 9.69 Å². The van der Waals surface area contributed by atoms with Gasteiger partial charge in [-0.2, -0.15) is 26.3 Å². The summed E-state index contributed by atoms with van der Waals surface area (Å²) >= 11 is 0. The van der Waals surface area contributed by atoms with Crippen LogP contribution in [0.4, 0.5) is 35.5 Å². The third-order valence-corrected chi connectivity index (χ3v) is 7.81. The van der Waals surface area contributed by atoms with Crippen molar-refractivity contribution in [2.45, 2.75) is 49.6 Å². The van der Waals surface area contributed by atoms with Crippen LogP contribution in [0.15, 0.2) is 42.5 Å². The predicted octanol–water partition coefficient (Wildman–Crippen LogP) is 5.94. The number of amides is 2. The normalized spacial score (nSPS) is 21.4. The van der Waals surface area contributed by atoms with Crippen LogP contribution in [0.25, 0.3) is 0 Å². The number of alkyl halides is 6. The average molecular weight is 576 g/mol. The Hall–Kier alpha value is -3.35. The summed E-state index contributed by atoms with van der Waals surface area (Å²) in [5.41, 5.74) is -3.21. The fourth-order valence-corrected chi connectivity index (χ4v) is 5.65. The lowest BCUT2D eigenvalue weighted by Crippen LogP contribution is -2.55. The lowest BCUT2D eigenvalue weighted by Gasteiger charge is -2.47. The van der Waals surface area contributed by atoms with Crippen molar-refractivity contribution in [2.24, 2.45) is 0 Å². The molecule has 0 spiro atoms. The number of carbonyl (C=O) groups excluding carboxylic acids is 1. The third kappa shape index (κ3) is 6.51. The van der Waals surface area contributed by atoms with Crippen molar-refractivity contribution in [2.75, 3.05) is 33.2 Å². The first kappa shape index (κ1) is 29.6. The molecule has 0 bridgehead atoms. The van der Waals surface area contributed by atoms with Crippen LogP contribution < -0.4 is 0 Å². The van der Waals surface area contributed by atoms with E-state index in [1.807, 2.05) is 0 Å². The fourth-order valence-electron chi connectivity index (χ4n) is 5.65. The number of carbonyl (C=O) groups is 2. The maximum Gasteiger partial charge on any atom is 0.416 e. The Morgan fingerprint density at radius 2 is 1.43 bits per heavy atom. The van der Waals surface area contributed by atoms with Crippen molar-refractivity contribution in [3.05, 3.63) is 70.5 Å². The summed E-state index contributed by atoms with van der Waals surface area (Å²) in [5.74, 6) is -1.90. The second-order valence-electron chi connectivity index (χ2n) is 10.2. The van der Waals surface area contributed by atoms with E-state index in [0.29, 0.717) is 63.1 Å². The number of likely N-dealkylation sites (tertiary alicyclic amines) is 2. The zero-order valence-electron chi connectivity index (χ0n) is 21.5. The van der Waals surface area contributed by atoms with E-state index in [1.54, 1.807) is 12.1 Å². The Balaban J connectivity index is 1.62. The van der Waals surface area contributed by atoms with Crippen LogP contribution in [0.5, 0.6) is 0 Å². The molecule has 0 aliphatic carbocycles. The van der Waals surface area contributed by atoms with Crippen LogP contribution in [0.2, 0.25) is 0 Å². The topological polar surface area (TPSA) is 64.1 Å². The molecular formula is C27H28F7N3O3. The maximum atomic E-state index is 13.7. The minimum absolute atomic E-state index is 0.0216. The molecule has 2 heterocycles. The van der Waals surface area contributed by atoms with Crippen LogP contribution in [0.3, 0.4) is 0 Å². The lowest BCUT2D eigenvalue weighted by molar-refractivity contribution is -0.143. The zero-order valence-corrected chi connectivity index (χ0v) is 21.5. The molecule has 2 aliphatic rings. The molecule has 2 aromatic rings. The van der Waals surface area contributed by atoms with Gasteiger partial charge in [0.25, 0.3) is 5.91 Å². The van der Waals surface area contributed by atoms with Gasteiger partial charge in [-0.25, -0.2) is 9.18 Å². The van der Waals surface area contributed by atoms with Gasteiger partial charge in [-0.05, 0) is 55.2 Å².